The molecule has 0 unspecified atom stereocenters. The maximum Gasteiger partial charge on any atom is 0.244 e. The molecule has 0 aliphatic carbocycles. The van der Waals surface area contributed by atoms with Gasteiger partial charge in [-0.25, -0.2) is 13.1 Å². The Morgan fingerprint density at radius 1 is 1.12 bits per heavy atom. The predicted molar refractivity (Wildman–Crippen MR) is 102 cm³/mol. The standard InChI is InChI=1S/C19H24N2O4S/c1-14-12-18(25-4)19(13-15(14)2)26(23,24)20-10-11-21(16(3)22)17-8-6-5-7-9-17/h5-9,12-13,20H,10-11H2,1-4H3. The zero-order valence-corrected chi connectivity index (χ0v) is 16.3. The van der Waals surface area contributed by atoms with Gasteiger partial charge >= 0.3 is 0 Å². The van der Waals surface area contributed by atoms with Gasteiger partial charge in [-0.1, -0.05) is 18.2 Å². The van der Waals surface area contributed by atoms with Gasteiger partial charge in [0.2, 0.25) is 15.9 Å². The van der Waals surface area contributed by atoms with Crippen molar-refractivity contribution in [2.75, 3.05) is 25.1 Å². The molecule has 0 aliphatic heterocycles. The first-order chi connectivity index (χ1) is 12.3. The number of nitrogens with zero attached hydrogens (tertiary/aromatic N) is 1. The van der Waals surface area contributed by atoms with E-state index in [2.05, 4.69) is 4.72 Å². The van der Waals surface area contributed by atoms with Crippen molar-refractivity contribution in [1.29, 1.82) is 0 Å². The third-order valence-electron chi connectivity index (χ3n) is 4.14. The van der Waals surface area contributed by atoms with Crippen LogP contribution in [0.1, 0.15) is 18.1 Å². The molecule has 0 aromatic heterocycles. The van der Waals surface area contributed by atoms with E-state index in [4.69, 9.17) is 4.74 Å². The molecule has 0 saturated heterocycles. The van der Waals surface area contributed by atoms with E-state index in [1.165, 1.54) is 18.9 Å². The van der Waals surface area contributed by atoms with Gasteiger partial charge in [-0.2, -0.15) is 0 Å². The quantitative estimate of drug-likeness (QED) is 0.806. The molecule has 140 valence electrons. The lowest BCUT2D eigenvalue weighted by Gasteiger charge is -2.21. The minimum absolute atomic E-state index is 0.0902. The highest BCUT2D eigenvalue weighted by Gasteiger charge is 2.21. The first-order valence-corrected chi connectivity index (χ1v) is 9.72. The van der Waals surface area contributed by atoms with Gasteiger partial charge < -0.3 is 9.64 Å². The molecule has 7 heteroatoms. The number of rotatable bonds is 7. The van der Waals surface area contributed by atoms with Gasteiger partial charge in [0.1, 0.15) is 10.6 Å². The summed E-state index contributed by atoms with van der Waals surface area (Å²) < 4.78 is 33.1. The van der Waals surface area contributed by atoms with Crippen LogP contribution in [0.5, 0.6) is 5.75 Å². The molecule has 0 aliphatic rings. The number of carbonyl (C=O) groups excluding carboxylic acids is 1. The Hall–Kier alpha value is -2.38. The third kappa shape index (κ3) is 4.62. The Bertz CT molecular complexity index is 880. The summed E-state index contributed by atoms with van der Waals surface area (Å²) in [4.78, 5) is 13.5. The average Bonchev–Trinajstić information content (AvgIpc) is 2.61. The Morgan fingerprint density at radius 2 is 1.73 bits per heavy atom. The van der Waals surface area contributed by atoms with E-state index in [-0.39, 0.29) is 23.9 Å². The van der Waals surface area contributed by atoms with E-state index in [9.17, 15) is 13.2 Å². The van der Waals surface area contributed by atoms with E-state index in [1.54, 1.807) is 12.1 Å². The highest BCUT2D eigenvalue weighted by atomic mass is 32.2. The largest absolute Gasteiger partial charge is 0.495 e. The number of hydrogen-bond donors (Lipinski definition) is 1. The van der Waals surface area contributed by atoms with Gasteiger partial charge in [-0.15, -0.1) is 0 Å². The fraction of sp³-hybridized carbons (Fsp3) is 0.316. The summed E-state index contributed by atoms with van der Waals surface area (Å²) in [5.41, 5.74) is 2.54. The van der Waals surface area contributed by atoms with Gasteiger partial charge in [0.25, 0.3) is 0 Å². The van der Waals surface area contributed by atoms with Crippen LogP contribution in [0, 0.1) is 13.8 Å². The number of amides is 1. The summed E-state index contributed by atoms with van der Waals surface area (Å²) in [5, 5.41) is 0. The molecule has 0 bridgehead atoms. The monoisotopic (exact) mass is 376 g/mol. The van der Waals surface area contributed by atoms with E-state index >= 15 is 0 Å². The number of carbonyl (C=O) groups is 1. The van der Waals surface area contributed by atoms with E-state index < -0.39 is 10.0 Å². The Kier molecular flexibility index (Phi) is 6.39. The smallest absolute Gasteiger partial charge is 0.244 e. The first-order valence-electron chi connectivity index (χ1n) is 8.24. The van der Waals surface area contributed by atoms with E-state index in [0.717, 1.165) is 16.8 Å². The number of benzene rings is 2. The van der Waals surface area contributed by atoms with Crippen molar-refractivity contribution in [2.24, 2.45) is 0 Å². The third-order valence-corrected chi connectivity index (χ3v) is 5.63. The molecule has 0 radical (unpaired) electrons. The average molecular weight is 376 g/mol. The molecule has 6 nitrogen and oxygen atoms in total. The van der Waals surface area contributed by atoms with Crippen molar-refractivity contribution in [1.82, 2.24) is 4.72 Å². The molecule has 1 N–H and O–H groups in total. The van der Waals surface area contributed by atoms with Gasteiger partial charge in [-0.05, 0) is 49.2 Å². The van der Waals surface area contributed by atoms with E-state index in [0.29, 0.717) is 5.75 Å². The molecular weight excluding hydrogens is 352 g/mol. The van der Waals surface area contributed by atoms with Crippen LogP contribution in [0.15, 0.2) is 47.4 Å². The molecule has 26 heavy (non-hydrogen) atoms. The summed E-state index contributed by atoms with van der Waals surface area (Å²) in [6, 6.07) is 12.4. The summed E-state index contributed by atoms with van der Waals surface area (Å²) >= 11 is 0. The molecule has 2 aromatic rings. The number of para-hydroxylation sites is 1. The second kappa shape index (κ2) is 8.33. The predicted octanol–water partition coefficient (Wildman–Crippen LogP) is 2.64. The number of nitrogens with one attached hydrogen (secondary N) is 1. The van der Waals surface area contributed by atoms with Crippen LogP contribution in [0.2, 0.25) is 0 Å². The van der Waals surface area contributed by atoms with Crippen molar-refractivity contribution in [2.45, 2.75) is 25.7 Å². The molecule has 2 rings (SSSR count). The van der Waals surface area contributed by atoms with E-state index in [1.807, 2.05) is 44.2 Å². The molecule has 0 heterocycles. The highest BCUT2D eigenvalue weighted by molar-refractivity contribution is 7.89. The SMILES string of the molecule is COc1cc(C)c(C)cc1S(=O)(=O)NCCN(C(C)=O)c1ccccc1. The normalized spacial score (nSPS) is 11.2. The van der Waals surface area contributed by atoms with Crippen LogP contribution in [0.3, 0.4) is 0 Å². The van der Waals surface area contributed by atoms with Crippen LogP contribution in [-0.4, -0.2) is 34.5 Å². The van der Waals surface area contributed by atoms with Crippen molar-refractivity contribution < 1.29 is 17.9 Å². The second-order valence-corrected chi connectivity index (χ2v) is 7.73. The van der Waals surface area contributed by atoms with Crippen LogP contribution in [0.25, 0.3) is 0 Å². The Balaban J connectivity index is 2.15. The van der Waals surface area contributed by atoms with Gasteiger partial charge in [0, 0.05) is 25.7 Å². The van der Waals surface area contributed by atoms with Crippen molar-refractivity contribution in [3.05, 3.63) is 53.6 Å². The maximum atomic E-state index is 12.7. The van der Waals surface area contributed by atoms with Crippen molar-refractivity contribution in [3.63, 3.8) is 0 Å². The highest BCUT2D eigenvalue weighted by Crippen LogP contribution is 2.27. The van der Waals surface area contributed by atoms with Gasteiger partial charge in [0.15, 0.2) is 0 Å². The Morgan fingerprint density at radius 3 is 2.31 bits per heavy atom. The fourth-order valence-electron chi connectivity index (χ4n) is 2.58. The molecule has 0 saturated carbocycles. The number of anilines is 1. The molecule has 2 aromatic carbocycles. The summed E-state index contributed by atoms with van der Waals surface area (Å²) in [7, 11) is -2.32. The number of hydrogen-bond acceptors (Lipinski definition) is 4. The molecule has 0 atom stereocenters. The first kappa shape index (κ1) is 19.9. The topological polar surface area (TPSA) is 75.7 Å². The lowest BCUT2D eigenvalue weighted by Crippen LogP contribution is -2.37. The number of ether oxygens (including phenoxy) is 1. The van der Waals surface area contributed by atoms with Crippen LogP contribution in [-0.2, 0) is 14.8 Å². The van der Waals surface area contributed by atoms with Crippen molar-refractivity contribution in [3.8, 4) is 5.75 Å². The summed E-state index contributed by atoms with van der Waals surface area (Å²) in [6.45, 7) is 5.51. The Labute approximate surface area is 154 Å². The number of methoxy groups -OCH3 is 1. The van der Waals surface area contributed by atoms with Crippen molar-refractivity contribution >= 4 is 21.6 Å². The fourth-order valence-corrected chi connectivity index (χ4v) is 3.83. The molecule has 1 amide bonds. The minimum atomic E-state index is -3.76. The molecular formula is C19H24N2O4S. The lowest BCUT2D eigenvalue weighted by molar-refractivity contribution is -0.116. The second-order valence-electron chi connectivity index (χ2n) is 5.99. The zero-order valence-electron chi connectivity index (χ0n) is 15.4. The summed E-state index contributed by atoms with van der Waals surface area (Å²) in [5.74, 6) is 0.145. The number of aryl methyl sites for hydroxylation is 2. The zero-order chi connectivity index (χ0) is 19.3. The summed E-state index contributed by atoms with van der Waals surface area (Å²) in [6.07, 6.45) is 0. The van der Waals surface area contributed by atoms with Crippen LogP contribution in [0.4, 0.5) is 5.69 Å². The minimum Gasteiger partial charge on any atom is -0.495 e. The number of sulfonamides is 1. The van der Waals surface area contributed by atoms with Gasteiger partial charge in [-0.3, -0.25) is 4.79 Å². The lowest BCUT2D eigenvalue weighted by atomic mass is 10.1. The van der Waals surface area contributed by atoms with Gasteiger partial charge in [0.05, 0.1) is 7.11 Å². The van der Waals surface area contributed by atoms with Crippen LogP contribution < -0.4 is 14.4 Å². The van der Waals surface area contributed by atoms with Crippen LogP contribution >= 0.6 is 0 Å². The molecule has 0 spiro atoms. The molecule has 0 fully saturated rings. The maximum absolute atomic E-state index is 12.7.